The number of carbonyl (C=O) groups excluding carboxylic acids is 1. The number of nitrogens with zero attached hydrogens (tertiary/aromatic N) is 4. The van der Waals surface area contributed by atoms with Gasteiger partial charge in [-0.05, 0) is 24.5 Å². The summed E-state index contributed by atoms with van der Waals surface area (Å²) in [6, 6.07) is 5.46. The number of carbonyl (C=O) groups is 1. The fraction of sp³-hybridized carbons (Fsp3) is 0.529. The van der Waals surface area contributed by atoms with Gasteiger partial charge in [-0.15, -0.1) is 10.2 Å². The number of aryl methyl sites for hydroxylation is 1. The smallest absolute Gasteiger partial charge is 0.315 e. The first-order chi connectivity index (χ1) is 11.6. The lowest BCUT2D eigenvalue weighted by Gasteiger charge is -2.22. The Morgan fingerprint density at radius 1 is 1.33 bits per heavy atom. The Bertz CT molecular complexity index is 682. The molecular formula is C17H24N6O. The van der Waals surface area contributed by atoms with Gasteiger partial charge < -0.3 is 15.2 Å². The minimum atomic E-state index is -0.181. The molecule has 0 saturated carbocycles. The summed E-state index contributed by atoms with van der Waals surface area (Å²) in [7, 11) is 0. The number of pyridine rings is 1. The van der Waals surface area contributed by atoms with Gasteiger partial charge in [-0.3, -0.25) is 4.98 Å². The van der Waals surface area contributed by atoms with E-state index >= 15 is 0 Å². The monoisotopic (exact) mass is 328 g/mol. The molecule has 0 bridgehead atoms. The lowest BCUT2D eigenvalue weighted by Crippen LogP contribution is -2.41. The van der Waals surface area contributed by atoms with E-state index in [4.69, 9.17) is 0 Å². The Morgan fingerprint density at radius 3 is 2.96 bits per heavy atom. The van der Waals surface area contributed by atoms with Gasteiger partial charge in [-0.2, -0.15) is 0 Å². The van der Waals surface area contributed by atoms with Crippen molar-refractivity contribution in [3.63, 3.8) is 0 Å². The Hall–Kier alpha value is -2.44. The van der Waals surface area contributed by atoms with Gasteiger partial charge >= 0.3 is 6.03 Å². The summed E-state index contributed by atoms with van der Waals surface area (Å²) in [5.74, 6) is 2.12. The molecule has 1 aliphatic rings. The van der Waals surface area contributed by atoms with Crippen molar-refractivity contribution >= 4 is 6.03 Å². The molecule has 0 fully saturated rings. The van der Waals surface area contributed by atoms with Crippen molar-refractivity contribution in [1.82, 2.24) is 30.4 Å². The van der Waals surface area contributed by atoms with Crippen LogP contribution in [0.25, 0.3) is 0 Å². The molecule has 2 aromatic heterocycles. The van der Waals surface area contributed by atoms with E-state index in [9.17, 15) is 4.79 Å². The van der Waals surface area contributed by atoms with Crippen LogP contribution in [0.5, 0.6) is 0 Å². The Labute approximate surface area is 141 Å². The molecule has 1 unspecified atom stereocenters. The van der Waals surface area contributed by atoms with E-state index in [1.165, 1.54) is 0 Å². The summed E-state index contributed by atoms with van der Waals surface area (Å²) in [6.45, 7) is 5.64. The highest BCUT2D eigenvalue weighted by Gasteiger charge is 2.27. The van der Waals surface area contributed by atoms with E-state index in [0.717, 1.165) is 36.7 Å². The number of urea groups is 1. The minimum Gasteiger partial charge on any atom is -0.338 e. The average Bonchev–Trinajstić information content (AvgIpc) is 3.17. The molecule has 7 nitrogen and oxygen atoms in total. The molecular weight excluding hydrogens is 304 g/mol. The standard InChI is InChI=1S/C17H24N6O/c1-12(2)15(16-22-21-14-7-5-11-23(14)16)20-17(24)19-10-8-13-6-3-4-9-18-13/h3-4,6,9,12,15H,5,7-8,10-11H2,1-2H3,(H2,19,20,24). The van der Waals surface area contributed by atoms with E-state index in [1.807, 2.05) is 18.2 Å². The molecule has 3 heterocycles. The third kappa shape index (κ3) is 3.72. The summed E-state index contributed by atoms with van der Waals surface area (Å²) >= 11 is 0. The van der Waals surface area contributed by atoms with Crippen molar-refractivity contribution < 1.29 is 4.79 Å². The van der Waals surface area contributed by atoms with E-state index in [2.05, 4.69) is 44.2 Å². The number of hydrogen-bond acceptors (Lipinski definition) is 4. The molecule has 2 N–H and O–H groups in total. The van der Waals surface area contributed by atoms with Crippen LogP contribution in [0, 0.1) is 5.92 Å². The Balaban J connectivity index is 1.56. The van der Waals surface area contributed by atoms with E-state index in [-0.39, 0.29) is 18.0 Å². The first kappa shape index (κ1) is 16.4. The molecule has 1 atom stereocenters. The maximum atomic E-state index is 12.2. The van der Waals surface area contributed by atoms with Gasteiger partial charge in [-0.1, -0.05) is 19.9 Å². The fourth-order valence-electron chi connectivity index (χ4n) is 2.97. The summed E-state index contributed by atoms with van der Waals surface area (Å²) in [5.41, 5.74) is 0.966. The molecule has 0 saturated heterocycles. The predicted molar refractivity (Wildman–Crippen MR) is 90.4 cm³/mol. The number of rotatable bonds is 6. The zero-order chi connectivity index (χ0) is 16.9. The van der Waals surface area contributed by atoms with Gasteiger partial charge in [0, 0.05) is 37.8 Å². The highest BCUT2D eigenvalue weighted by atomic mass is 16.2. The lowest BCUT2D eigenvalue weighted by molar-refractivity contribution is 0.231. The molecule has 2 aromatic rings. The van der Waals surface area contributed by atoms with Gasteiger partial charge in [0.05, 0.1) is 6.04 Å². The molecule has 0 radical (unpaired) electrons. The second kappa shape index (κ2) is 7.42. The molecule has 7 heteroatoms. The van der Waals surface area contributed by atoms with Crippen LogP contribution in [0.1, 0.15) is 43.7 Å². The molecule has 24 heavy (non-hydrogen) atoms. The van der Waals surface area contributed by atoms with Gasteiger partial charge in [0.25, 0.3) is 0 Å². The Kier molecular flexibility index (Phi) is 5.08. The second-order valence-electron chi connectivity index (χ2n) is 6.42. The SMILES string of the molecule is CC(C)C(NC(=O)NCCc1ccccn1)c1nnc2n1CCC2. The van der Waals surface area contributed by atoms with E-state index in [0.29, 0.717) is 13.0 Å². The van der Waals surface area contributed by atoms with Crippen LogP contribution in [-0.4, -0.2) is 32.3 Å². The van der Waals surface area contributed by atoms with E-state index < -0.39 is 0 Å². The first-order valence-electron chi connectivity index (χ1n) is 8.51. The summed E-state index contributed by atoms with van der Waals surface area (Å²) < 4.78 is 2.14. The molecule has 0 aliphatic carbocycles. The molecule has 1 aliphatic heterocycles. The van der Waals surface area contributed by atoms with Crippen molar-refractivity contribution in [3.05, 3.63) is 41.7 Å². The topological polar surface area (TPSA) is 84.7 Å². The van der Waals surface area contributed by atoms with Gasteiger partial charge in [0.1, 0.15) is 5.82 Å². The molecule has 2 amide bonds. The molecule has 128 valence electrons. The fourth-order valence-corrected chi connectivity index (χ4v) is 2.97. The first-order valence-corrected chi connectivity index (χ1v) is 8.51. The zero-order valence-corrected chi connectivity index (χ0v) is 14.2. The number of aromatic nitrogens is 4. The highest BCUT2D eigenvalue weighted by molar-refractivity contribution is 5.74. The van der Waals surface area contributed by atoms with Gasteiger partial charge in [0.2, 0.25) is 0 Å². The number of hydrogen-bond donors (Lipinski definition) is 2. The van der Waals surface area contributed by atoms with Gasteiger partial charge in [0.15, 0.2) is 5.82 Å². The van der Waals surface area contributed by atoms with Gasteiger partial charge in [-0.25, -0.2) is 4.79 Å². The van der Waals surface area contributed by atoms with Crippen molar-refractivity contribution in [2.24, 2.45) is 5.92 Å². The van der Waals surface area contributed by atoms with Crippen molar-refractivity contribution in [3.8, 4) is 0 Å². The predicted octanol–water partition coefficient (Wildman–Crippen LogP) is 1.86. The van der Waals surface area contributed by atoms with Crippen LogP contribution in [0.2, 0.25) is 0 Å². The Morgan fingerprint density at radius 2 is 2.21 bits per heavy atom. The molecule has 0 spiro atoms. The number of amides is 2. The zero-order valence-electron chi connectivity index (χ0n) is 14.2. The quantitative estimate of drug-likeness (QED) is 0.847. The van der Waals surface area contributed by atoms with Crippen LogP contribution in [0.3, 0.4) is 0 Å². The van der Waals surface area contributed by atoms with Crippen molar-refractivity contribution in [1.29, 1.82) is 0 Å². The highest BCUT2D eigenvalue weighted by Crippen LogP contribution is 2.24. The van der Waals surface area contributed by atoms with Crippen LogP contribution in [0.15, 0.2) is 24.4 Å². The molecule has 3 rings (SSSR count). The minimum absolute atomic E-state index is 0.140. The average molecular weight is 328 g/mol. The van der Waals surface area contributed by atoms with Crippen molar-refractivity contribution in [2.45, 2.75) is 45.7 Å². The maximum Gasteiger partial charge on any atom is 0.315 e. The summed E-state index contributed by atoms with van der Waals surface area (Å²) in [6.07, 6.45) is 4.53. The second-order valence-corrected chi connectivity index (χ2v) is 6.42. The lowest BCUT2D eigenvalue weighted by atomic mass is 10.0. The third-order valence-corrected chi connectivity index (χ3v) is 4.26. The van der Waals surface area contributed by atoms with Crippen molar-refractivity contribution in [2.75, 3.05) is 6.54 Å². The molecule has 0 aromatic carbocycles. The van der Waals surface area contributed by atoms with Crippen LogP contribution in [-0.2, 0) is 19.4 Å². The number of fused-ring (bicyclic) bond motifs is 1. The number of nitrogens with one attached hydrogen (secondary N) is 2. The van der Waals surface area contributed by atoms with Crippen LogP contribution < -0.4 is 10.6 Å². The largest absolute Gasteiger partial charge is 0.338 e. The van der Waals surface area contributed by atoms with Crippen LogP contribution >= 0.6 is 0 Å². The van der Waals surface area contributed by atoms with E-state index in [1.54, 1.807) is 6.20 Å². The summed E-state index contributed by atoms with van der Waals surface area (Å²) in [4.78, 5) is 16.5. The normalized spacial score (nSPS) is 14.5. The summed E-state index contributed by atoms with van der Waals surface area (Å²) in [5, 5.41) is 14.5. The third-order valence-electron chi connectivity index (χ3n) is 4.26. The maximum absolute atomic E-state index is 12.2. The van der Waals surface area contributed by atoms with Crippen LogP contribution in [0.4, 0.5) is 4.79 Å².